The number of thiophene rings is 2. The zero-order valence-electron chi connectivity index (χ0n) is 54.9. The first-order valence-corrected chi connectivity index (χ1v) is 35.7. The van der Waals surface area contributed by atoms with E-state index in [-0.39, 0.29) is 0 Å². The van der Waals surface area contributed by atoms with E-state index in [1.165, 1.54) is 101 Å². The summed E-state index contributed by atoms with van der Waals surface area (Å²) in [6.07, 6.45) is 0. The summed E-state index contributed by atoms with van der Waals surface area (Å²) in [5.74, 6) is 1.44. The summed E-state index contributed by atoms with van der Waals surface area (Å²) in [7, 11) is 0. The molecule has 0 spiro atoms. The first-order valence-electron chi connectivity index (χ1n) is 34.1. The summed E-state index contributed by atoms with van der Waals surface area (Å²) >= 11 is 3.64. The second kappa shape index (κ2) is 25.0. The number of fused-ring (bicyclic) bond motifs is 12. The Labute approximate surface area is 591 Å². The monoisotopic (exact) mass is 1320 g/mol. The van der Waals surface area contributed by atoms with Crippen molar-refractivity contribution >= 4 is 107 Å². The van der Waals surface area contributed by atoms with Crippen LogP contribution in [0.2, 0.25) is 0 Å². The summed E-state index contributed by atoms with van der Waals surface area (Å²) in [5.41, 5.74) is 22.8. The van der Waals surface area contributed by atoms with Gasteiger partial charge in [0.15, 0.2) is 11.6 Å². The Hall–Kier alpha value is -12.7. The van der Waals surface area contributed by atoms with Gasteiger partial charge in [-0.1, -0.05) is 272 Å². The molecule has 0 aliphatic rings. The molecular weight excluding hydrogens is 1270 g/mol. The van der Waals surface area contributed by atoms with E-state index in [0.717, 1.165) is 84.4 Å². The zero-order valence-corrected chi connectivity index (χ0v) is 56.5. The molecule has 0 bridgehead atoms. The SMILES string of the molecule is Cc1ccc(-n2c3ccccc3c3c(-c4cc(-c5cccc6c5sc5ccccc56)nc(-c5ccc(-c6ccccc6)cc5)n4)cccc32)cc1.c1ccc(-c2ccc(-c3cc(-c4ccc5c6ccccc6n(-c6ccccc6)c5c4)nc(-c4cccc5c4sc4ccccc45)n3)cc2)cc1. The van der Waals surface area contributed by atoms with E-state index in [4.69, 9.17) is 19.9 Å². The van der Waals surface area contributed by atoms with Crippen molar-refractivity contribution in [3.8, 4) is 101 Å². The Morgan fingerprint density at radius 3 is 1.29 bits per heavy atom. The highest BCUT2D eigenvalue weighted by molar-refractivity contribution is 7.26. The third kappa shape index (κ3) is 10.6. The molecule has 8 heteroatoms. The summed E-state index contributed by atoms with van der Waals surface area (Å²) in [6, 6.07) is 123. The van der Waals surface area contributed by atoms with Gasteiger partial charge in [-0.25, -0.2) is 19.9 Å². The predicted octanol–water partition coefficient (Wildman–Crippen LogP) is 25.5. The lowest BCUT2D eigenvalue weighted by atomic mass is 10.0. The van der Waals surface area contributed by atoms with Gasteiger partial charge in [-0.05, 0) is 108 Å². The molecular formula is C93H60N6S2. The Kier molecular flexibility index (Phi) is 14.7. The first kappa shape index (κ1) is 59.5. The van der Waals surface area contributed by atoms with E-state index in [0.29, 0.717) is 5.82 Å². The smallest absolute Gasteiger partial charge is 0.161 e. The second-order valence-corrected chi connectivity index (χ2v) is 27.8. The van der Waals surface area contributed by atoms with E-state index >= 15 is 0 Å². The fraction of sp³-hybridized carbons (Fsp3) is 0.0108. The highest BCUT2D eigenvalue weighted by Gasteiger charge is 2.23. The van der Waals surface area contributed by atoms with Crippen LogP contribution in [0.3, 0.4) is 0 Å². The third-order valence-corrected chi connectivity index (χ3v) is 22.0. The van der Waals surface area contributed by atoms with Crippen LogP contribution >= 0.6 is 22.7 Å². The van der Waals surface area contributed by atoms with Crippen LogP contribution in [0.4, 0.5) is 0 Å². The van der Waals surface area contributed by atoms with E-state index in [9.17, 15) is 0 Å². The lowest BCUT2D eigenvalue weighted by Crippen LogP contribution is -1.97. The molecule has 101 heavy (non-hydrogen) atoms. The van der Waals surface area contributed by atoms with E-state index in [2.05, 4.69) is 362 Å². The average molecular weight is 1330 g/mol. The molecule has 0 aliphatic carbocycles. The van der Waals surface area contributed by atoms with Gasteiger partial charge < -0.3 is 9.13 Å². The molecule has 6 aromatic heterocycles. The molecule has 14 aromatic carbocycles. The van der Waals surface area contributed by atoms with Crippen molar-refractivity contribution in [2.24, 2.45) is 0 Å². The van der Waals surface area contributed by atoms with Crippen LogP contribution in [0.5, 0.6) is 0 Å². The number of nitrogens with zero attached hydrogens (tertiary/aromatic N) is 6. The highest BCUT2D eigenvalue weighted by Crippen LogP contribution is 2.45. The maximum Gasteiger partial charge on any atom is 0.161 e. The molecule has 6 heterocycles. The molecule has 474 valence electrons. The standard InChI is InChI=1S/C47H31N3S.C46H29N3S/c1-30-21-27-34(28-22-30)50-42-18-7-5-14-39(42)45-37(16-10-19-43(45)50)40-29-41(38-17-9-15-36-35-13-6-8-20-44(35)51-46(36)38)49-47(48-40)33-25-23-32(24-26-33)31-11-3-2-4-12-31;1-3-12-30(13-4-1)31-22-24-32(25-23-31)40-29-41(48-46(47-40)39-19-11-18-38-37-17-8-10-21-44(37)50-45(38)39)33-26-27-36-35-16-7-9-20-42(35)49(43(36)28-33)34-14-5-2-6-15-34/h2-29H,1H3;1-29H. The molecule has 20 rings (SSSR count). The minimum atomic E-state index is 0.708. The van der Waals surface area contributed by atoms with Crippen LogP contribution in [0.15, 0.2) is 346 Å². The average Bonchev–Trinajstić information content (AvgIpc) is 1.60. The number of hydrogen-bond donors (Lipinski definition) is 0. The van der Waals surface area contributed by atoms with Gasteiger partial charge in [0.1, 0.15) is 0 Å². The fourth-order valence-electron chi connectivity index (χ4n) is 14.7. The van der Waals surface area contributed by atoms with Gasteiger partial charge in [-0.2, -0.15) is 0 Å². The molecule has 0 N–H and O–H groups in total. The van der Waals surface area contributed by atoms with Crippen LogP contribution in [-0.4, -0.2) is 29.1 Å². The van der Waals surface area contributed by atoms with E-state index in [1.807, 2.05) is 11.3 Å². The number of rotatable bonds is 10. The summed E-state index contributed by atoms with van der Waals surface area (Å²) in [6.45, 7) is 2.13. The van der Waals surface area contributed by atoms with Crippen LogP contribution in [-0.2, 0) is 0 Å². The van der Waals surface area contributed by atoms with Gasteiger partial charge in [-0.15, -0.1) is 22.7 Å². The number of aromatic nitrogens is 6. The van der Waals surface area contributed by atoms with Crippen molar-refractivity contribution < 1.29 is 0 Å². The quantitative estimate of drug-likeness (QED) is 0.137. The number of aryl methyl sites for hydroxylation is 1. The molecule has 0 radical (unpaired) electrons. The predicted molar refractivity (Wildman–Crippen MR) is 427 cm³/mol. The molecule has 0 saturated carbocycles. The molecule has 20 aromatic rings. The fourth-order valence-corrected chi connectivity index (χ4v) is 17.1. The van der Waals surface area contributed by atoms with Gasteiger partial charge in [-0.3, -0.25) is 0 Å². The van der Waals surface area contributed by atoms with Crippen molar-refractivity contribution in [3.63, 3.8) is 0 Å². The van der Waals surface area contributed by atoms with E-state index < -0.39 is 0 Å². The zero-order chi connectivity index (χ0) is 66.9. The molecule has 6 nitrogen and oxygen atoms in total. The Balaban J connectivity index is 0.000000140. The maximum absolute atomic E-state index is 5.36. The van der Waals surface area contributed by atoms with Crippen LogP contribution in [0.1, 0.15) is 5.56 Å². The van der Waals surface area contributed by atoms with Crippen molar-refractivity contribution in [3.05, 3.63) is 351 Å². The highest BCUT2D eigenvalue weighted by atomic mass is 32.1. The topological polar surface area (TPSA) is 61.4 Å². The minimum absolute atomic E-state index is 0.708. The van der Waals surface area contributed by atoms with Crippen molar-refractivity contribution in [2.45, 2.75) is 6.92 Å². The Morgan fingerprint density at radius 2 is 0.644 bits per heavy atom. The number of para-hydroxylation sites is 3. The second-order valence-electron chi connectivity index (χ2n) is 25.7. The summed E-state index contributed by atoms with van der Waals surface area (Å²) in [4.78, 5) is 21.3. The van der Waals surface area contributed by atoms with Gasteiger partial charge in [0.25, 0.3) is 0 Å². The molecule has 0 aliphatic heterocycles. The lowest BCUT2D eigenvalue weighted by Gasteiger charge is -2.12. The first-order chi connectivity index (χ1) is 50.0. The number of hydrogen-bond acceptors (Lipinski definition) is 6. The van der Waals surface area contributed by atoms with Crippen molar-refractivity contribution in [1.82, 2.24) is 29.1 Å². The molecule has 0 fully saturated rings. The molecule has 0 unspecified atom stereocenters. The lowest BCUT2D eigenvalue weighted by molar-refractivity contribution is 1.17. The maximum atomic E-state index is 5.36. The van der Waals surface area contributed by atoms with Crippen LogP contribution in [0.25, 0.3) is 185 Å². The van der Waals surface area contributed by atoms with Gasteiger partial charge in [0.2, 0.25) is 0 Å². The van der Waals surface area contributed by atoms with Crippen LogP contribution < -0.4 is 0 Å². The summed E-state index contributed by atoms with van der Waals surface area (Å²) < 4.78 is 9.72. The van der Waals surface area contributed by atoms with E-state index in [1.54, 1.807) is 11.3 Å². The van der Waals surface area contributed by atoms with Crippen LogP contribution in [0, 0.1) is 6.92 Å². The molecule has 0 saturated heterocycles. The largest absolute Gasteiger partial charge is 0.309 e. The number of benzene rings is 14. The van der Waals surface area contributed by atoms with Crippen molar-refractivity contribution in [2.75, 3.05) is 0 Å². The van der Waals surface area contributed by atoms with Gasteiger partial charge in [0, 0.05) is 107 Å². The Morgan fingerprint density at radius 1 is 0.238 bits per heavy atom. The van der Waals surface area contributed by atoms with Crippen molar-refractivity contribution in [1.29, 1.82) is 0 Å². The van der Waals surface area contributed by atoms with Gasteiger partial charge >= 0.3 is 0 Å². The molecule has 0 amide bonds. The normalized spacial score (nSPS) is 11.6. The Bertz CT molecular complexity index is 6550. The minimum Gasteiger partial charge on any atom is -0.309 e. The summed E-state index contributed by atoms with van der Waals surface area (Å²) in [5, 5.41) is 9.87. The van der Waals surface area contributed by atoms with Gasteiger partial charge in [0.05, 0.1) is 44.8 Å². The third-order valence-electron chi connectivity index (χ3n) is 19.6. The molecule has 0 atom stereocenters.